The van der Waals surface area contributed by atoms with Crippen LogP contribution in [0.3, 0.4) is 0 Å². The van der Waals surface area contributed by atoms with Gasteiger partial charge in [0.05, 0.1) is 6.61 Å². The first-order valence-electron chi connectivity index (χ1n) is 6.53. The molecule has 0 spiro atoms. The van der Waals surface area contributed by atoms with E-state index in [0.29, 0.717) is 5.75 Å². The molecule has 0 saturated heterocycles. The summed E-state index contributed by atoms with van der Waals surface area (Å²) in [5.41, 5.74) is 3.19. The summed E-state index contributed by atoms with van der Waals surface area (Å²) in [6.45, 7) is 0.0880. The second kappa shape index (κ2) is 8.07. The van der Waals surface area contributed by atoms with E-state index in [2.05, 4.69) is 10.7 Å². The number of amides is 1. The molecule has 1 unspecified atom stereocenters. The van der Waals surface area contributed by atoms with Crippen LogP contribution in [0.4, 0.5) is 0 Å². The van der Waals surface area contributed by atoms with Gasteiger partial charge in [-0.2, -0.15) is 11.3 Å². The summed E-state index contributed by atoms with van der Waals surface area (Å²) in [6, 6.07) is 9.92. The third-order valence-electron chi connectivity index (χ3n) is 2.84. The van der Waals surface area contributed by atoms with E-state index in [0.717, 1.165) is 16.7 Å². The summed E-state index contributed by atoms with van der Waals surface area (Å²) in [4.78, 5) is 11.4. The zero-order valence-corrected chi connectivity index (χ0v) is 13.1. The van der Waals surface area contributed by atoms with Crippen molar-refractivity contribution in [2.24, 2.45) is 0 Å². The monoisotopic (exact) mass is 323 g/mol. The second-order valence-electron chi connectivity index (χ2n) is 4.51. The minimum absolute atomic E-state index is 0.0390. The van der Waals surface area contributed by atoms with Crippen LogP contribution < -0.4 is 5.32 Å². The highest BCUT2D eigenvalue weighted by Crippen LogP contribution is 2.23. The SMILES string of the molecule is O=C(CS(=O)Cc1cccc(-c2ccsc2)c1)NCCO. The molecule has 21 heavy (non-hydrogen) atoms. The fourth-order valence-corrected chi connectivity index (χ4v) is 3.61. The van der Waals surface area contributed by atoms with Crippen LogP contribution in [0, 0.1) is 0 Å². The molecule has 1 atom stereocenters. The number of thiophene rings is 1. The summed E-state index contributed by atoms with van der Waals surface area (Å²) in [5.74, 6) is 0.0177. The van der Waals surface area contributed by atoms with Gasteiger partial charge in [0.1, 0.15) is 5.75 Å². The van der Waals surface area contributed by atoms with E-state index in [1.165, 1.54) is 0 Å². The number of aliphatic hydroxyl groups is 1. The molecule has 0 fully saturated rings. The van der Waals surface area contributed by atoms with Crippen molar-refractivity contribution < 1.29 is 14.1 Å². The van der Waals surface area contributed by atoms with Crippen LogP contribution in [-0.4, -0.2) is 34.1 Å². The van der Waals surface area contributed by atoms with E-state index in [9.17, 15) is 9.00 Å². The van der Waals surface area contributed by atoms with Crippen LogP contribution >= 0.6 is 11.3 Å². The largest absolute Gasteiger partial charge is 0.395 e. The first-order chi connectivity index (χ1) is 10.2. The van der Waals surface area contributed by atoms with Gasteiger partial charge in [0.2, 0.25) is 5.91 Å². The lowest BCUT2D eigenvalue weighted by atomic mass is 10.1. The molecule has 0 bridgehead atoms. The Labute approximate surface area is 130 Å². The predicted octanol–water partition coefficient (Wildman–Crippen LogP) is 1.77. The van der Waals surface area contributed by atoms with Crippen LogP contribution in [-0.2, 0) is 21.3 Å². The molecule has 4 nitrogen and oxygen atoms in total. The summed E-state index contributed by atoms with van der Waals surface area (Å²) in [5, 5.41) is 15.2. The lowest BCUT2D eigenvalue weighted by molar-refractivity contribution is -0.118. The first kappa shape index (κ1) is 15.9. The van der Waals surface area contributed by atoms with Crippen molar-refractivity contribution in [1.29, 1.82) is 0 Å². The molecule has 6 heteroatoms. The van der Waals surface area contributed by atoms with Crippen LogP contribution in [0.5, 0.6) is 0 Å². The number of carbonyl (C=O) groups excluding carboxylic acids is 1. The highest BCUT2D eigenvalue weighted by atomic mass is 32.2. The van der Waals surface area contributed by atoms with Gasteiger partial charge >= 0.3 is 0 Å². The first-order valence-corrected chi connectivity index (χ1v) is 8.96. The Kier molecular flexibility index (Phi) is 6.10. The van der Waals surface area contributed by atoms with E-state index in [1.54, 1.807) is 11.3 Å². The molecule has 0 saturated carbocycles. The molecule has 1 aromatic heterocycles. The van der Waals surface area contributed by atoms with Gasteiger partial charge in [-0.05, 0) is 33.5 Å². The van der Waals surface area contributed by atoms with Gasteiger partial charge in [0.25, 0.3) is 0 Å². The number of carbonyl (C=O) groups is 1. The fourth-order valence-electron chi connectivity index (χ4n) is 1.90. The molecule has 1 heterocycles. The Morgan fingerprint density at radius 2 is 2.14 bits per heavy atom. The highest BCUT2D eigenvalue weighted by molar-refractivity contribution is 7.84. The van der Waals surface area contributed by atoms with Gasteiger partial charge in [-0.3, -0.25) is 9.00 Å². The highest BCUT2D eigenvalue weighted by Gasteiger charge is 2.09. The molecule has 2 aromatic rings. The quantitative estimate of drug-likeness (QED) is 0.816. The van der Waals surface area contributed by atoms with Gasteiger partial charge in [-0.25, -0.2) is 0 Å². The number of aliphatic hydroxyl groups excluding tert-OH is 1. The predicted molar refractivity (Wildman–Crippen MR) is 86.6 cm³/mol. The van der Waals surface area contributed by atoms with E-state index >= 15 is 0 Å². The standard InChI is InChI=1S/C15H17NO3S2/c17-6-5-16-15(18)11-21(19)10-12-2-1-3-13(8-12)14-4-7-20-9-14/h1-4,7-9,17H,5-6,10-11H2,(H,16,18). The number of benzene rings is 1. The second-order valence-corrected chi connectivity index (χ2v) is 6.75. The summed E-state index contributed by atoms with van der Waals surface area (Å²) < 4.78 is 12.0. The van der Waals surface area contributed by atoms with Gasteiger partial charge in [-0.1, -0.05) is 24.3 Å². The molecule has 112 valence electrons. The Hall–Kier alpha value is -1.50. The average Bonchev–Trinajstić information content (AvgIpc) is 2.99. The van der Waals surface area contributed by atoms with Crippen molar-refractivity contribution in [3.8, 4) is 11.1 Å². The third kappa shape index (κ3) is 5.08. The maximum atomic E-state index is 12.0. The van der Waals surface area contributed by atoms with Crippen molar-refractivity contribution in [3.63, 3.8) is 0 Å². The van der Waals surface area contributed by atoms with Crippen molar-refractivity contribution in [2.45, 2.75) is 5.75 Å². The van der Waals surface area contributed by atoms with Crippen LogP contribution in [0.2, 0.25) is 0 Å². The Morgan fingerprint density at radius 1 is 1.29 bits per heavy atom. The molecule has 0 aliphatic carbocycles. The normalized spacial score (nSPS) is 12.0. The van der Waals surface area contributed by atoms with E-state index in [1.807, 2.05) is 35.7 Å². The number of hydrogen-bond acceptors (Lipinski definition) is 4. The van der Waals surface area contributed by atoms with Gasteiger partial charge in [0, 0.05) is 23.1 Å². The summed E-state index contributed by atoms with van der Waals surface area (Å²) in [6.07, 6.45) is 0. The van der Waals surface area contributed by atoms with Gasteiger partial charge in [0.15, 0.2) is 0 Å². The zero-order valence-electron chi connectivity index (χ0n) is 11.5. The van der Waals surface area contributed by atoms with Crippen molar-refractivity contribution >= 4 is 28.0 Å². The van der Waals surface area contributed by atoms with E-state index in [4.69, 9.17) is 5.11 Å². The minimum atomic E-state index is -1.25. The van der Waals surface area contributed by atoms with Crippen LogP contribution in [0.15, 0.2) is 41.1 Å². The minimum Gasteiger partial charge on any atom is -0.395 e. The Morgan fingerprint density at radius 3 is 2.86 bits per heavy atom. The number of nitrogens with one attached hydrogen (secondary N) is 1. The Bertz CT molecular complexity index is 611. The van der Waals surface area contributed by atoms with Gasteiger partial charge in [-0.15, -0.1) is 0 Å². The zero-order chi connectivity index (χ0) is 15.1. The topological polar surface area (TPSA) is 66.4 Å². The van der Waals surface area contributed by atoms with Crippen LogP contribution in [0.25, 0.3) is 11.1 Å². The fraction of sp³-hybridized carbons (Fsp3) is 0.267. The molecular formula is C15H17NO3S2. The molecule has 1 amide bonds. The smallest absolute Gasteiger partial charge is 0.232 e. The molecule has 1 aromatic carbocycles. The molecule has 0 aliphatic heterocycles. The lowest BCUT2D eigenvalue weighted by Gasteiger charge is -2.05. The van der Waals surface area contributed by atoms with Crippen molar-refractivity contribution in [2.75, 3.05) is 18.9 Å². The lowest BCUT2D eigenvalue weighted by Crippen LogP contribution is -2.30. The van der Waals surface area contributed by atoms with Gasteiger partial charge < -0.3 is 10.4 Å². The molecule has 0 aliphatic rings. The maximum Gasteiger partial charge on any atom is 0.232 e. The Balaban J connectivity index is 1.95. The van der Waals surface area contributed by atoms with E-state index in [-0.39, 0.29) is 24.8 Å². The maximum absolute atomic E-state index is 12.0. The molecular weight excluding hydrogens is 306 g/mol. The van der Waals surface area contributed by atoms with Crippen molar-refractivity contribution in [3.05, 3.63) is 46.7 Å². The van der Waals surface area contributed by atoms with E-state index < -0.39 is 10.8 Å². The average molecular weight is 323 g/mol. The molecule has 2 N–H and O–H groups in total. The number of hydrogen-bond donors (Lipinski definition) is 2. The van der Waals surface area contributed by atoms with Crippen LogP contribution in [0.1, 0.15) is 5.56 Å². The molecule has 2 rings (SSSR count). The molecule has 0 radical (unpaired) electrons. The van der Waals surface area contributed by atoms with Crippen molar-refractivity contribution in [1.82, 2.24) is 5.32 Å². The summed E-state index contributed by atoms with van der Waals surface area (Å²) in [7, 11) is -1.25. The summed E-state index contributed by atoms with van der Waals surface area (Å²) >= 11 is 1.64. The third-order valence-corrected chi connectivity index (χ3v) is 4.76. The number of rotatable bonds is 7.